The van der Waals surface area contributed by atoms with Crippen LogP contribution in [0, 0.1) is 11.2 Å². The number of hydrogen-bond acceptors (Lipinski definition) is 2. The van der Waals surface area contributed by atoms with Gasteiger partial charge < -0.3 is 5.32 Å². The van der Waals surface area contributed by atoms with E-state index in [2.05, 4.69) is 59.8 Å². The van der Waals surface area contributed by atoms with Crippen molar-refractivity contribution < 1.29 is 0 Å². The molecule has 0 fully saturated rings. The molecule has 0 aromatic heterocycles. The van der Waals surface area contributed by atoms with Gasteiger partial charge in [-0.05, 0) is 29.2 Å². The van der Waals surface area contributed by atoms with Crippen LogP contribution in [-0.4, -0.2) is 12.8 Å². The molecule has 0 unspecified atom stereocenters. The van der Waals surface area contributed by atoms with E-state index >= 15 is 0 Å². The summed E-state index contributed by atoms with van der Waals surface area (Å²) in [4.78, 5) is 0. The van der Waals surface area contributed by atoms with Gasteiger partial charge in [0, 0.05) is 13.0 Å². The van der Waals surface area contributed by atoms with Crippen LogP contribution in [0.1, 0.15) is 24.5 Å². The molecule has 0 saturated heterocycles. The molecule has 1 rings (SSSR count). The number of benzene rings is 1. The van der Waals surface area contributed by atoms with Crippen molar-refractivity contribution in [3.8, 4) is 11.2 Å². The number of thioether (sulfide) groups is 1. The molecule has 0 bridgehead atoms. The van der Waals surface area contributed by atoms with Crippen LogP contribution in [0.5, 0.6) is 0 Å². The van der Waals surface area contributed by atoms with Crippen molar-refractivity contribution in [1.82, 2.24) is 5.32 Å². The second-order valence-corrected chi connectivity index (χ2v) is 4.22. The van der Waals surface area contributed by atoms with Crippen molar-refractivity contribution in [2.75, 3.05) is 12.8 Å². The zero-order valence-corrected chi connectivity index (χ0v) is 11.3. The van der Waals surface area contributed by atoms with Crippen LogP contribution in [0.3, 0.4) is 0 Å². The summed E-state index contributed by atoms with van der Waals surface area (Å²) in [6.07, 6.45) is 7.02. The highest BCUT2D eigenvalue weighted by Gasteiger charge is 1.90. The van der Waals surface area contributed by atoms with Gasteiger partial charge in [-0.1, -0.05) is 61.0 Å². The average molecular weight is 245 g/mol. The lowest BCUT2D eigenvalue weighted by atomic mass is 10.1. The van der Waals surface area contributed by atoms with Gasteiger partial charge >= 0.3 is 0 Å². The third-order valence-corrected chi connectivity index (χ3v) is 2.61. The molecule has 17 heavy (non-hydrogen) atoms. The van der Waals surface area contributed by atoms with Gasteiger partial charge in [0.1, 0.15) is 0 Å². The van der Waals surface area contributed by atoms with Gasteiger partial charge in [0.05, 0.1) is 0 Å². The zero-order valence-electron chi connectivity index (χ0n) is 10.5. The molecule has 0 aliphatic rings. The molecule has 1 aromatic carbocycles. The highest BCUT2D eigenvalue weighted by atomic mass is 32.2. The summed E-state index contributed by atoms with van der Waals surface area (Å²) >= 11 is 1.56. The molecule has 0 atom stereocenters. The van der Waals surface area contributed by atoms with Crippen LogP contribution >= 0.6 is 11.8 Å². The van der Waals surface area contributed by atoms with E-state index in [0.29, 0.717) is 0 Å². The first-order valence-electron chi connectivity index (χ1n) is 5.84. The van der Waals surface area contributed by atoms with E-state index in [1.54, 1.807) is 11.8 Å². The summed E-state index contributed by atoms with van der Waals surface area (Å²) in [5, 5.41) is 6.29. The summed E-state index contributed by atoms with van der Waals surface area (Å²) in [6, 6.07) is 8.61. The van der Waals surface area contributed by atoms with E-state index in [4.69, 9.17) is 0 Å². The minimum absolute atomic E-state index is 0.819. The predicted molar refractivity (Wildman–Crippen MR) is 78.8 cm³/mol. The Bertz CT molecular complexity index is 395. The van der Waals surface area contributed by atoms with Crippen molar-refractivity contribution in [3.05, 3.63) is 41.5 Å². The Morgan fingerprint density at radius 2 is 2.06 bits per heavy atom. The van der Waals surface area contributed by atoms with Crippen molar-refractivity contribution in [2.24, 2.45) is 0 Å². The van der Waals surface area contributed by atoms with E-state index in [-0.39, 0.29) is 0 Å². The maximum atomic E-state index is 3.31. The van der Waals surface area contributed by atoms with E-state index in [0.717, 1.165) is 19.5 Å². The Morgan fingerprint density at radius 3 is 2.71 bits per heavy atom. The molecule has 0 saturated carbocycles. The SMILES string of the molecule is CCNCc1ccc(/C=C\CC#CSC)cc1. The number of allylic oxidation sites excluding steroid dienone is 1. The lowest BCUT2D eigenvalue weighted by Crippen LogP contribution is -2.11. The van der Waals surface area contributed by atoms with Crippen LogP contribution in [0.25, 0.3) is 6.08 Å². The molecule has 90 valence electrons. The maximum Gasteiger partial charge on any atom is 0.0281 e. The Balaban J connectivity index is 2.44. The molecular weight excluding hydrogens is 226 g/mol. The minimum Gasteiger partial charge on any atom is -0.313 e. The van der Waals surface area contributed by atoms with Gasteiger partial charge in [-0.2, -0.15) is 0 Å². The molecule has 0 radical (unpaired) electrons. The van der Waals surface area contributed by atoms with Gasteiger partial charge in [0.15, 0.2) is 0 Å². The van der Waals surface area contributed by atoms with Crippen molar-refractivity contribution in [1.29, 1.82) is 0 Å². The Labute approximate surface area is 109 Å². The number of rotatable bonds is 5. The Hall–Kier alpha value is -1.17. The average Bonchev–Trinajstić information content (AvgIpc) is 2.37. The molecule has 0 aliphatic heterocycles. The van der Waals surface area contributed by atoms with E-state index < -0.39 is 0 Å². The summed E-state index contributed by atoms with van der Waals surface area (Å²) in [5.41, 5.74) is 2.56. The highest BCUT2D eigenvalue weighted by molar-refractivity contribution is 8.03. The van der Waals surface area contributed by atoms with Gasteiger partial charge in [-0.15, -0.1) is 0 Å². The standard InChI is InChI=1S/C15H19NS/c1-3-16-13-15-10-8-14(9-11-15)7-5-4-6-12-17-2/h5,7-11,16H,3-4,13H2,1-2H3/b7-5-. The minimum atomic E-state index is 0.819. The Morgan fingerprint density at radius 1 is 1.29 bits per heavy atom. The quantitative estimate of drug-likeness (QED) is 0.797. The monoisotopic (exact) mass is 245 g/mol. The molecule has 0 heterocycles. The van der Waals surface area contributed by atoms with E-state index in [1.807, 2.05) is 6.26 Å². The van der Waals surface area contributed by atoms with Gasteiger partial charge in [0.25, 0.3) is 0 Å². The summed E-state index contributed by atoms with van der Waals surface area (Å²) in [7, 11) is 0. The summed E-state index contributed by atoms with van der Waals surface area (Å²) in [5.74, 6) is 3.06. The van der Waals surface area contributed by atoms with Crippen molar-refractivity contribution >= 4 is 17.8 Å². The normalized spacial score (nSPS) is 10.2. The summed E-state index contributed by atoms with van der Waals surface area (Å²) < 4.78 is 0. The molecule has 0 spiro atoms. The van der Waals surface area contributed by atoms with Crippen LogP contribution in [0.4, 0.5) is 0 Å². The summed E-state index contributed by atoms with van der Waals surface area (Å²) in [6.45, 7) is 4.07. The third-order valence-electron chi connectivity index (χ3n) is 2.26. The van der Waals surface area contributed by atoms with Crippen molar-refractivity contribution in [2.45, 2.75) is 19.9 Å². The molecular formula is C15H19NS. The van der Waals surface area contributed by atoms with Crippen LogP contribution in [0.15, 0.2) is 30.3 Å². The highest BCUT2D eigenvalue weighted by Crippen LogP contribution is 2.06. The lowest BCUT2D eigenvalue weighted by molar-refractivity contribution is 0.727. The van der Waals surface area contributed by atoms with E-state index in [9.17, 15) is 0 Å². The first kappa shape index (κ1) is 13.9. The van der Waals surface area contributed by atoms with Gasteiger partial charge in [-0.25, -0.2) is 0 Å². The molecule has 1 N–H and O–H groups in total. The van der Waals surface area contributed by atoms with Gasteiger partial charge in [0.2, 0.25) is 0 Å². The first-order chi connectivity index (χ1) is 8.36. The van der Waals surface area contributed by atoms with Crippen LogP contribution in [0.2, 0.25) is 0 Å². The molecule has 1 nitrogen and oxygen atoms in total. The predicted octanol–water partition coefficient (Wildman–Crippen LogP) is 3.52. The fourth-order valence-corrected chi connectivity index (χ4v) is 1.61. The third kappa shape index (κ3) is 6.21. The fraction of sp³-hybridized carbons (Fsp3) is 0.333. The first-order valence-corrected chi connectivity index (χ1v) is 7.06. The van der Waals surface area contributed by atoms with E-state index in [1.165, 1.54) is 11.1 Å². The second-order valence-electron chi connectivity index (χ2n) is 3.61. The molecule has 1 aromatic rings. The lowest BCUT2D eigenvalue weighted by Gasteiger charge is -2.01. The number of nitrogens with one attached hydrogen (secondary N) is 1. The fourth-order valence-electron chi connectivity index (χ4n) is 1.38. The molecule has 0 amide bonds. The van der Waals surface area contributed by atoms with Gasteiger partial charge in [-0.3, -0.25) is 0 Å². The number of hydrogen-bond donors (Lipinski definition) is 1. The second kappa shape index (κ2) is 8.92. The largest absolute Gasteiger partial charge is 0.313 e. The van der Waals surface area contributed by atoms with Crippen LogP contribution in [-0.2, 0) is 6.54 Å². The topological polar surface area (TPSA) is 12.0 Å². The molecule has 0 aliphatic carbocycles. The Kier molecular flexibility index (Phi) is 7.29. The smallest absolute Gasteiger partial charge is 0.0281 e. The maximum absolute atomic E-state index is 3.31. The zero-order chi connectivity index (χ0) is 12.3. The van der Waals surface area contributed by atoms with Crippen molar-refractivity contribution in [3.63, 3.8) is 0 Å². The molecule has 2 heteroatoms. The van der Waals surface area contributed by atoms with Crippen LogP contribution < -0.4 is 5.32 Å².